The minimum absolute atomic E-state index is 0.181. The summed E-state index contributed by atoms with van der Waals surface area (Å²) < 4.78 is 0. The Morgan fingerprint density at radius 3 is 2.62 bits per heavy atom. The van der Waals surface area contributed by atoms with Crippen LogP contribution < -0.4 is 15.5 Å². The lowest BCUT2D eigenvalue weighted by Crippen LogP contribution is -2.22. The number of aromatic nitrogens is 3. The van der Waals surface area contributed by atoms with Crippen molar-refractivity contribution in [1.29, 1.82) is 0 Å². The highest BCUT2D eigenvalue weighted by Crippen LogP contribution is 2.39. The molecule has 2 N–H and O–H groups in total. The molecule has 10 heteroatoms. The Labute approximate surface area is 204 Å². The molecule has 0 radical (unpaired) electrons. The second kappa shape index (κ2) is 9.24. The molecule has 3 heterocycles. The van der Waals surface area contributed by atoms with Gasteiger partial charge >= 0.3 is 0 Å². The maximum Gasteiger partial charge on any atom is 0.256 e. The maximum atomic E-state index is 12.8. The molecule has 0 saturated carbocycles. The molecule has 0 spiro atoms. The van der Waals surface area contributed by atoms with Crippen LogP contribution in [0, 0.1) is 0 Å². The van der Waals surface area contributed by atoms with Gasteiger partial charge in [0.05, 0.1) is 17.8 Å². The minimum Gasteiger partial charge on any atom is -0.347 e. The van der Waals surface area contributed by atoms with E-state index in [4.69, 9.17) is 0 Å². The van der Waals surface area contributed by atoms with Crippen LogP contribution in [0.2, 0.25) is 0 Å². The van der Waals surface area contributed by atoms with Crippen molar-refractivity contribution < 1.29 is 9.59 Å². The van der Waals surface area contributed by atoms with E-state index < -0.39 is 0 Å². The summed E-state index contributed by atoms with van der Waals surface area (Å²) in [7, 11) is 3.77. The molecule has 1 aliphatic rings. The molecular formula is C24H20N6O2S2. The lowest BCUT2D eigenvalue weighted by atomic mass is 10.1. The molecule has 0 fully saturated rings. The summed E-state index contributed by atoms with van der Waals surface area (Å²) in [4.78, 5) is 43.0. The second-order valence-corrected chi connectivity index (χ2v) is 9.94. The van der Waals surface area contributed by atoms with Crippen molar-refractivity contribution in [2.24, 2.45) is 0 Å². The summed E-state index contributed by atoms with van der Waals surface area (Å²) >= 11 is 2.98. The largest absolute Gasteiger partial charge is 0.347 e. The Morgan fingerprint density at radius 1 is 1.03 bits per heavy atom. The smallest absolute Gasteiger partial charge is 0.256 e. The molecule has 170 valence electrons. The molecule has 0 atom stereocenters. The van der Waals surface area contributed by atoms with E-state index in [2.05, 4.69) is 25.6 Å². The average molecular weight is 489 g/mol. The number of amides is 2. The first kappa shape index (κ1) is 22.1. The van der Waals surface area contributed by atoms with Crippen LogP contribution in [-0.2, 0) is 6.54 Å². The van der Waals surface area contributed by atoms with Gasteiger partial charge < -0.3 is 15.5 Å². The molecule has 0 aliphatic carbocycles. The van der Waals surface area contributed by atoms with Gasteiger partial charge in [-0.15, -0.1) is 11.3 Å². The van der Waals surface area contributed by atoms with Crippen molar-refractivity contribution in [3.8, 4) is 10.6 Å². The number of benzene rings is 2. The number of carbonyl (C=O) groups excluding carboxylic acids is 2. The van der Waals surface area contributed by atoms with Gasteiger partial charge in [0, 0.05) is 58.5 Å². The minimum atomic E-state index is -0.225. The van der Waals surface area contributed by atoms with Gasteiger partial charge in [-0.3, -0.25) is 9.59 Å². The standard InChI is InChI=1S/C24H20N6O2S2/c1-30(2)24-27-10-15(11-28-24)23-26-13-16(33-23)12-25-21(31)14-7-8-20-18(9-14)29-22(32)17-5-3-4-6-19(17)34-20/h3-11,13H,12H2,1-2H3,(H,25,31)(H,29,32). The van der Waals surface area contributed by atoms with Gasteiger partial charge in [-0.25, -0.2) is 15.0 Å². The number of hydrogen-bond donors (Lipinski definition) is 2. The normalized spacial score (nSPS) is 12.2. The monoisotopic (exact) mass is 488 g/mol. The van der Waals surface area contributed by atoms with Crippen LogP contribution in [0.1, 0.15) is 25.6 Å². The van der Waals surface area contributed by atoms with Gasteiger partial charge in [0.25, 0.3) is 11.8 Å². The molecular weight excluding hydrogens is 468 g/mol. The highest BCUT2D eigenvalue weighted by molar-refractivity contribution is 7.99. The van der Waals surface area contributed by atoms with Gasteiger partial charge in [-0.1, -0.05) is 23.9 Å². The number of nitrogens with one attached hydrogen (secondary N) is 2. The summed E-state index contributed by atoms with van der Waals surface area (Å²) in [6, 6.07) is 12.8. The van der Waals surface area contributed by atoms with E-state index in [0.717, 1.165) is 25.2 Å². The molecule has 1 aliphatic heterocycles. The van der Waals surface area contributed by atoms with Crippen LogP contribution in [-0.4, -0.2) is 40.9 Å². The lowest BCUT2D eigenvalue weighted by Gasteiger charge is -2.09. The summed E-state index contributed by atoms with van der Waals surface area (Å²) in [5.41, 5.74) is 2.55. The molecule has 2 aromatic heterocycles. The topological polar surface area (TPSA) is 100 Å². The van der Waals surface area contributed by atoms with Crippen LogP contribution in [0.3, 0.4) is 0 Å². The number of hydrogen-bond acceptors (Lipinski definition) is 8. The molecule has 2 aromatic carbocycles. The summed E-state index contributed by atoms with van der Waals surface area (Å²) in [5, 5.41) is 6.64. The van der Waals surface area contributed by atoms with Crippen molar-refractivity contribution in [2.75, 3.05) is 24.3 Å². The highest BCUT2D eigenvalue weighted by Gasteiger charge is 2.20. The first-order chi connectivity index (χ1) is 16.5. The van der Waals surface area contributed by atoms with Gasteiger partial charge in [-0.05, 0) is 30.3 Å². The molecule has 0 unspecified atom stereocenters. The lowest BCUT2D eigenvalue weighted by molar-refractivity contribution is 0.0949. The predicted octanol–water partition coefficient (Wildman–Crippen LogP) is 4.31. The maximum absolute atomic E-state index is 12.8. The zero-order valence-corrected chi connectivity index (χ0v) is 20.0. The average Bonchev–Trinajstić information content (AvgIpc) is 3.27. The molecule has 8 nitrogen and oxygen atoms in total. The molecule has 34 heavy (non-hydrogen) atoms. The quantitative estimate of drug-likeness (QED) is 0.432. The second-order valence-electron chi connectivity index (χ2n) is 7.74. The Morgan fingerprint density at radius 2 is 1.82 bits per heavy atom. The Kier molecular flexibility index (Phi) is 5.99. The van der Waals surface area contributed by atoms with Gasteiger partial charge in [0.15, 0.2) is 0 Å². The number of carbonyl (C=O) groups is 2. The number of anilines is 2. The fourth-order valence-corrected chi connectivity index (χ4v) is 5.20. The van der Waals surface area contributed by atoms with E-state index >= 15 is 0 Å². The van der Waals surface area contributed by atoms with E-state index in [1.165, 1.54) is 23.1 Å². The van der Waals surface area contributed by atoms with E-state index in [9.17, 15) is 9.59 Å². The van der Waals surface area contributed by atoms with Crippen molar-refractivity contribution in [3.05, 3.63) is 77.1 Å². The summed E-state index contributed by atoms with van der Waals surface area (Å²) in [5.74, 6) is 0.226. The molecule has 2 amide bonds. The molecule has 4 aromatic rings. The van der Waals surface area contributed by atoms with Crippen LogP contribution in [0.4, 0.5) is 11.6 Å². The first-order valence-electron chi connectivity index (χ1n) is 10.4. The summed E-state index contributed by atoms with van der Waals surface area (Å²) in [6.07, 6.45) is 5.22. The predicted molar refractivity (Wildman–Crippen MR) is 134 cm³/mol. The number of fused-ring (bicyclic) bond motifs is 2. The SMILES string of the molecule is CN(C)c1ncc(-c2ncc(CNC(=O)c3ccc4c(c3)NC(=O)c3ccccc3S4)s2)cn1. The number of rotatable bonds is 5. The molecule has 0 bridgehead atoms. The Balaban J connectivity index is 1.26. The van der Waals surface area contributed by atoms with Crippen LogP contribution >= 0.6 is 23.1 Å². The zero-order chi connectivity index (χ0) is 23.7. The first-order valence-corrected chi connectivity index (χ1v) is 12.1. The fraction of sp³-hybridized carbons (Fsp3) is 0.125. The third-order valence-corrected chi connectivity index (χ3v) is 7.30. The van der Waals surface area contributed by atoms with Crippen LogP contribution in [0.15, 0.2) is 70.8 Å². The van der Waals surface area contributed by atoms with Crippen molar-refractivity contribution in [3.63, 3.8) is 0 Å². The Hall–Kier alpha value is -3.76. The van der Waals surface area contributed by atoms with E-state index in [0.29, 0.717) is 29.3 Å². The van der Waals surface area contributed by atoms with Gasteiger partial charge in [-0.2, -0.15) is 0 Å². The van der Waals surface area contributed by atoms with Crippen LogP contribution in [0.25, 0.3) is 10.6 Å². The summed E-state index contributed by atoms with van der Waals surface area (Å²) in [6.45, 7) is 0.344. The van der Waals surface area contributed by atoms with E-state index in [1.54, 1.807) is 36.8 Å². The van der Waals surface area contributed by atoms with Crippen molar-refractivity contribution in [2.45, 2.75) is 16.3 Å². The zero-order valence-electron chi connectivity index (χ0n) is 18.4. The van der Waals surface area contributed by atoms with Gasteiger partial charge in [0.2, 0.25) is 5.95 Å². The van der Waals surface area contributed by atoms with Crippen molar-refractivity contribution >= 4 is 46.5 Å². The number of thiazole rings is 1. The number of nitrogens with zero attached hydrogens (tertiary/aromatic N) is 4. The third kappa shape index (κ3) is 4.50. The van der Waals surface area contributed by atoms with Gasteiger partial charge in [0.1, 0.15) is 5.01 Å². The fourth-order valence-electron chi connectivity index (χ4n) is 3.36. The van der Waals surface area contributed by atoms with Crippen LogP contribution in [0.5, 0.6) is 0 Å². The van der Waals surface area contributed by atoms with E-state index in [-0.39, 0.29) is 11.8 Å². The third-order valence-electron chi connectivity index (χ3n) is 5.10. The van der Waals surface area contributed by atoms with E-state index in [1.807, 2.05) is 43.3 Å². The molecule has 5 rings (SSSR count). The van der Waals surface area contributed by atoms with Crippen molar-refractivity contribution in [1.82, 2.24) is 20.3 Å². The highest BCUT2D eigenvalue weighted by atomic mass is 32.2. The Bertz CT molecular complexity index is 1380. The molecule has 0 saturated heterocycles.